The highest BCUT2D eigenvalue weighted by molar-refractivity contribution is 5.98. The van der Waals surface area contributed by atoms with Gasteiger partial charge in [-0.25, -0.2) is 0 Å². The van der Waals surface area contributed by atoms with Crippen molar-refractivity contribution in [2.45, 2.75) is 18.8 Å². The summed E-state index contributed by atoms with van der Waals surface area (Å²) in [5.41, 5.74) is 4.24. The van der Waals surface area contributed by atoms with E-state index in [1.54, 1.807) is 7.05 Å². The van der Waals surface area contributed by atoms with Crippen LogP contribution in [-0.2, 0) is 0 Å². The third kappa shape index (κ3) is 3.71. The monoisotopic (exact) mass is 277 g/mol. The lowest BCUT2D eigenvalue weighted by molar-refractivity contribution is 0.235. The number of hydrogen-bond acceptors (Lipinski definition) is 4. The van der Waals surface area contributed by atoms with Crippen molar-refractivity contribution < 1.29 is 9.94 Å². The molecule has 1 aliphatic rings. The number of hydroxylamine groups is 1. The molecule has 0 bridgehead atoms. The second kappa shape index (κ2) is 6.72. The lowest BCUT2D eigenvalue weighted by Gasteiger charge is -2.15. The van der Waals surface area contributed by atoms with Gasteiger partial charge in [-0.3, -0.25) is 15.7 Å². The first kappa shape index (κ1) is 14.8. The average molecular weight is 277 g/mol. The van der Waals surface area contributed by atoms with Crippen molar-refractivity contribution in [1.29, 1.82) is 0 Å². The maximum absolute atomic E-state index is 9.08. The maximum Gasteiger partial charge on any atom is 0.151 e. The van der Waals surface area contributed by atoms with Gasteiger partial charge in [-0.15, -0.1) is 0 Å². The zero-order valence-corrected chi connectivity index (χ0v) is 12.4. The van der Waals surface area contributed by atoms with Crippen LogP contribution in [0.15, 0.2) is 23.2 Å². The fourth-order valence-corrected chi connectivity index (χ4v) is 2.12. The quantitative estimate of drug-likeness (QED) is 0.473. The molecule has 0 saturated heterocycles. The molecule has 0 spiro atoms. The molecule has 2 rings (SSSR count). The summed E-state index contributed by atoms with van der Waals surface area (Å²) in [6, 6.07) is 5.96. The number of nitrogens with zero attached hydrogens (tertiary/aromatic N) is 2. The number of hydrogen-bond donors (Lipinski definition) is 2. The van der Waals surface area contributed by atoms with Gasteiger partial charge in [-0.1, -0.05) is 0 Å². The Hall–Kier alpha value is -1.59. The van der Waals surface area contributed by atoms with Gasteiger partial charge in [-0.05, 0) is 56.6 Å². The summed E-state index contributed by atoms with van der Waals surface area (Å²) >= 11 is 0. The molecule has 110 valence electrons. The Morgan fingerprint density at radius 2 is 2.20 bits per heavy atom. The average Bonchev–Trinajstić information content (AvgIpc) is 3.25. The van der Waals surface area contributed by atoms with Crippen LogP contribution in [0.5, 0.6) is 5.75 Å². The fraction of sp³-hybridized carbons (Fsp3) is 0.533. The smallest absolute Gasteiger partial charge is 0.151 e. The molecule has 5 heteroatoms. The largest absolute Gasteiger partial charge is 0.492 e. The zero-order valence-electron chi connectivity index (χ0n) is 12.4. The van der Waals surface area contributed by atoms with Crippen molar-refractivity contribution in [3.8, 4) is 5.75 Å². The molecule has 0 amide bonds. The van der Waals surface area contributed by atoms with E-state index in [1.807, 2.05) is 26.2 Å². The molecule has 0 aromatic heterocycles. The van der Waals surface area contributed by atoms with E-state index in [0.29, 0.717) is 18.4 Å². The summed E-state index contributed by atoms with van der Waals surface area (Å²) in [5, 5.41) is 9.08. The van der Waals surface area contributed by atoms with Gasteiger partial charge in [0.25, 0.3) is 0 Å². The molecule has 1 aromatic carbocycles. The minimum Gasteiger partial charge on any atom is -0.492 e. The second-order valence-electron chi connectivity index (χ2n) is 5.36. The summed E-state index contributed by atoms with van der Waals surface area (Å²) in [7, 11) is 5.72. The van der Waals surface area contributed by atoms with Crippen LogP contribution >= 0.6 is 0 Å². The van der Waals surface area contributed by atoms with Gasteiger partial charge in [-0.2, -0.15) is 0 Å². The number of nitrogens with one attached hydrogen (secondary N) is 1. The second-order valence-corrected chi connectivity index (χ2v) is 5.36. The standard InChI is InChI=1S/C15H23N3O2/c1-16-15(17-19)12-6-7-14(20-9-8-18(2)3)13(10-12)11-4-5-11/h6-7,10-11,19H,4-5,8-9H2,1-3H3,(H,16,17). The van der Waals surface area contributed by atoms with Gasteiger partial charge in [0.05, 0.1) is 0 Å². The molecule has 0 unspecified atom stereocenters. The highest BCUT2D eigenvalue weighted by Gasteiger charge is 2.27. The van der Waals surface area contributed by atoms with Crippen LogP contribution in [0.4, 0.5) is 0 Å². The fourth-order valence-electron chi connectivity index (χ4n) is 2.12. The molecule has 0 heterocycles. The van der Waals surface area contributed by atoms with E-state index >= 15 is 0 Å². The molecule has 1 saturated carbocycles. The normalized spacial score (nSPS) is 15.6. The summed E-state index contributed by atoms with van der Waals surface area (Å²) < 4.78 is 5.89. The van der Waals surface area contributed by atoms with Crippen LogP contribution in [0, 0.1) is 0 Å². The Balaban J connectivity index is 2.16. The lowest BCUT2D eigenvalue weighted by Crippen LogP contribution is -2.21. The van der Waals surface area contributed by atoms with Crippen molar-refractivity contribution in [3.05, 3.63) is 29.3 Å². The molecule has 1 aliphatic carbocycles. The van der Waals surface area contributed by atoms with E-state index in [0.717, 1.165) is 17.9 Å². The molecule has 0 aliphatic heterocycles. The van der Waals surface area contributed by atoms with Gasteiger partial charge < -0.3 is 9.64 Å². The van der Waals surface area contributed by atoms with Crippen molar-refractivity contribution >= 4 is 5.84 Å². The van der Waals surface area contributed by atoms with Crippen molar-refractivity contribution in [1.82, 2.24) is 10.4 Å². The van der Waals surface area contributed by atoms with Gasteiger partial charge in [0.15, 0.2) is 5.84 Å². The summed E-state index contributed by atoms with van der Waals surface area (Å²) in [4.78, 5) is 6.12. The molecule has 5 nitrogen and oxygen atoms in total. The molecule has 1 fully saturated rings. The number of rotatable bonds is 6. The first-order valence-corrected chi connectivity index (χ1v) is 6.94. The Bertz CT molecular complexity index is 482. The Kier molecular flexibility index (Phi) is 4.98. The Morgan fingerprint density at radius 3 is 2.75 bits per heavy atom. The molecular formula is C15H23N3O2. The first-order valence-electron chi connectivity index (χ1n) is 6.94. The van der Waals surface area contributed by atoms with E-state index in [-0.39, 0.29) is 0 Å². The third-order valence-electron chi connectivity index (χ3n) is 3.43. The van der Waals surface area contributed by atoms with E-state index in [4.69, 9.17) is 9.94 Å². The van der Waals surface area contributed by atoms with Crippen molar-refractivity contribution in [3.63, 3.8) is 0 Å². The van der Waals surface area contributed by atoms with Gasteiger partial charge in [0.2, 0.25) is 0 Å². The minimum absolute atomic E-state index is 0.478. The zero-order chi connectivity index (χ0) is 14.5. The van der Waals surface area contributed by atoms with Crippen LogP contribution in [0.3, 0.4) is 0 Å². The number of benzene rings is 1. The van der Waals surface area contributed by atoms with Crippen LogP contribution in [-0.4, -0.2) is 50.2 Å². The summed E-state index contributed by atoms with van der Waals surface area (Å²) in [6.07, 6.45) is 2.41. The summed E-state index contributed by atoms with van der Waals surface area (Å²) in [5.74, 6) is 2.01. The van der Waals surface area contributed by atoms with Gasteiger partial charge >= 0.3 is 0 Å². The van der Waals surface area contributed by atoms with E-state index < -0.39 is 0 Å². The number of likely N-dealkylation sites (N-methyl/N-ethyl adjacent to an activating group) is 1. The number of ether oxygens (including phenoxy) is 1. The molecule has 0 atom stereocenters. The van der Waals surface area contributed by atoms with E-state index in [9.17, 15) is 0 Å². The van der Waals surface area contributed by atoms with Crippen molar-refractivity contribution in [2.75, 3.05) is 34.3 Å². The Labute approximate surface area is 120 Å². The van der Waals surface area contributed by atoms with Gasteiger partial charge in [0.1, 0.15) is 12.4 Å². The van der Waals surface area contributed by atoms with E-state index in [1.165, 1.54) is 18.4 Å². The molecule has 0 radical (unpaired) electrons. The minimum atomic E-state index is 0.478. The summed E-state index contributed by atoms with van der Waals surface area (Å²) in [6.45, 7) is 1.57. The molecule has 2 N–H and O–H groups in total. The SMILES string of the molecule is CN=C(NO)c1ccc(OCCN(C)C)c(C2CC2)c1. The van der Waals surface area contributed by atoms with Crippen LogP contribution < -0.4 is 10.2 Å². The highest BCUT2D eigenvalue weighted by Crippen LogP contribution is 2.44. The third-order valence-corrected chi connectivity index (χ3v) is 3.43. The van der Waals surface area contributed by atoms with Crippen LogP contribution in [0.1, 0.15) is 29.9 Å². The highest BCUT2D eigenvalue weighted by atomic mass is 16.5. The first-order chi connectivity index (χ1) is 9.65. The van der Waals surface area contributed by atoms with Crippen LogP contribution in [0.2, 0.25) is 0 Å². The molecule has 1 aromatic rings. The predicted octanol–water partition coefficient (Wildman–Crippen LogP) is 1.86. The van der Waals surface area contributed by atoms with E-state index in [2.05, 4.69) is 21.4 Å². The number of amidine groups is 1. The maximum atomic E-state index is 9.08. The predicted molar refractivity (Wildman–Crippen MR) is 79.8 cm³/mol. The van der Waals surface area contributed by atoms with Gasteiger partial charge in [0, 0.05) is 19.2 Å². The number of aliphatic imine (C=N–C) groups is 1. The Morgan fingerprint density at radius 1 is 1.45 bits per heavy atom. The molecular weight excluding hydrogens is 254 g/mol. The van der Waals surface area contributed by atoms with Crippen molar-refractivity contribution in [2.24, 2.45) is 4.99 Å². The molecule has 20 heavy (non-hydrogen) atoms. The van der Waals surface area contributed by atoms with Crippen LogP contribution in [0.25, 0.3) is 0 Å². The topological polar surface area (TPSA) is 57.1 Å². The lowest BCUT2D eigenvalue weighted by atomic mass is 10.0.